The normalized spacial score (nSPS) is 17.8. The largest absolute Gasteiger partial charge is 0.455 e. The number of aliphatic hydroxyl groups excluding tert-OH is 1. The maximum Gasteiger partial charge on any atom is 0.291 e. The molecule has 0 radical (unpaired) electrons. The van der Waals surface area contributed by atoms with E-state index in [9.17, 15) is 9.90 Å². The Bertz CT molecular complexity index is 1330. The molecule has 5 rings (SSSR count). The minimum atomic E-state index is -0.597. The molecule has 1 aliphatic rings. The van der Waals surface area contributed by atoms with Crippen LogP contribution in [0.1, 0.15) is 60.7 Å². The molecule has 4 aromatic rings. The number of aromatic nitrogens is 1. The third-order valence-corrected chi connectivity index (χ3v) is 6.54. The van der Waals surface area contributed by atoms with E-state index in [0.29, 0.717) is 6.42 Å². The smallest absolute Gasteiger partial charge is 0.291 e. The molecule has 0 unspecified atom stereocenters. The van der Waals surface area contributed by atoms with E-state index in [1.165, 1.54) is 16.3 Å². The molecule has 2 N–H and O–H groups in total. The van der Waals surface area contributed by atoms with Crippen LogP contribution in [0.4, 0.5) is 5.69 Å². The zero-order valence-corrected chi connectivity index (χ0v) is 18.5. The second-order valence-electron chi connectivity index (χ2n) is 9.40. The van der Waals surface area contributed by atoms with Gasteiger partial charge in [-0.15, -0.1) is 0 Å². The zero-order chi connectivity index (χ0) is 21.9. The van der Waals surface area contributed by atoms with E-state index in [0.717, 1.165) is 41.1 Å². The Morgan fingerprint density at radius 3 is 2.71 bits per heavy atom. The summed E-state index contributed by atoms with van der Waals surface area (Å²) in [5.41, 5.74) is 4.47. The highest BCUT2D eigenvalue weighted by atomic mass is 16.4. The highest BCUT2D eigenvalue weighted by molar-refractivity contribution is 6.10. The van der Waals surface area contributed by atoms with Crippen molar-refractivity contribution >= 4 is 33.4 Å². The van der Waals surface area contributed by atoms with Gasteiger partial charge in [0.15, 0.2) is 5.76 Å². The van der Waals surface area contributed by atoms with E-state index < -0.39 is 6.10 Å². The lowest BCUT2D eigenvalue weighted by Crippen LogP contribution is -2.24. The number of rotatable bonds is 3. The van der Waals surface area contributed by atoms with E-state index in [2.05, 4.69) is 54.9 Å². The van der Waals surface area contributed by atoms with Crippen molar-refractivity contribution in [2.45, 2.75) is 53.2 Å². The summed E-state index contributed by atoms with van der Waals surface area (Å²) in [6, 6.07) is 14.4. The number of fused-ring (bicyclic) bond motifs is 4. The van der Waals surface area contributed by atoms with Gasteiger partial charge in [-0.1, -0.05) is 38.1 Å². The molecule has 0 saturated carbocycles. The van der Waals surface area contributed by atoms with E-state index in [1.807, 2.05) is 25.1 Å². The molecule has 0 fully saturated rings. The molecule has 0 saturated heterocycles. The average molecular weight is 417 g/mol. The third kappa shape index (κ3) is 3.15. The maximum atomic E-state index is 13.1. The molecule has 0 aliphatic heterocycles. The number of hydrogen-bond donors (Lipinski definition) is 2. The molecule has 1 atom stereocenters. The minimum absolute atomic E-state index is 0.0525. The molecule has 2 aromatic carbocycles. The number of aryl methyl sites for hydroxylation is 1. The van der Waals surface area contributed by atoms with E-state index in [1.54, 1.807) is 0 Å². The first-order valence-corrected chi connectivity index (χ1v) is 10.9. The summed E-state index contributed by atoms with van der Waals surface area (Å²) in [7, 11) is 0. The Balaban J connectivity index is 1.51. The summed E-state index contributed by atoms with van der Waals surface area (Å²) >= 11 is 0. The van der Waals surface area contributed by atoms with Gasteiger partial charge < -0.3 is 19.4 Å². The molecule has 5 heteroatoms. The molecule has 1 aliphatic carbocycles. The molecule has 0 spiro atoms. The summed E-state index contributed by atoms with van der Waals surface area (Å²) in [6.45, 7) is 9.05. The van der Waals surface area contributed by atoms with Crippen LogP contribution in [0, 0.1) is 12.3 Å². The van der Waals surface area contributed by atoms with E-state index in [4.69, 9.17) is 4.42 Å². The van der Waals surface area contributed by atoms with Crippen LogP contribution in [-0.4, -0.2) is 15.6 Å². The Hall–Kier alpha value is -3.05. The second-order valence-corrected chi connectivity index (χ2v) is 9.40. The number of carbonyl (C=O) groups is 1. The molecule has 160 valence electrons. The molecule has 2 heterocycles. The van der Waals surface area contributed by atoms with Gasteiger partial charge in [0, 0.05) is 46.1 Å². The fourth-order valence-electron chi connectivity index (χ4n) is 5.16. The first-order chi connectivity index (χ1) is 14.8. The van der Waals surface area contributed by atoms with Gasteiger partial charge in [0.25, 0.3) is 5.91 Å². The van der Waals surface area contributed by atoms with Gasteiger partial charge in [-0.2, -0.15) is 0 Å². The van der Waals surface area contributed by atoms with Gasteiger partial charge >= 0.3 is 0 Å². The number of para-hydroxylation sites is 1. The van der Waals surface area contributed by atoms with Crippen LogP contribution in [0.25, 0.3) is 21.8 Å². The van der Waals surface area contributed by atoms with Crippen molar-refractivity contribution < 1.29 is 14.3 Å². The van der Waals surface area contributed by atoms with Crippen LogP contribution < -0.4 is 5.32 Å². The zero-order valence-electron chi connectivity index (χ0n) is 18.5. The predicted octanol–water partition coefficient (Wildman–Crippen LogP) is 5.97. The lowest BCUT2D eigenvalue weighted by Gasteiger charge is -2.31. The number of carbonyl (C=O) groups excluding carboxylic acids is 1. The fourth-order valence-corrected chi connectivity index (χ4v) is 5.16. The third-order valence-electron chi connectivity index (χ3n) is 6.54. The summed E-state index contributed by atoms with van der Waals surface area (Å²) in [5, 5.41) is 16.0. The van der Waals surface area contributed by atoms with Crippen LogP contribution in [0.3, 0.4) is 0 Å². The van der Waals surface area contributed by atoms with Gasteiger partial charge in [0.05, 0.1) is 11.6 Å². The lowest BCUT2D eigenvalue weighted by molar-refractivity contribution is 0.0910. The topological polar surface area (TPSA) is 67.4 Å². The number of nitrogens with one attached hydrogen (secondary N) is 1. The predicted molar refractivity (Wildman–Crippen MR) is 124 cm³/mol. The number of amides is 1. The monoisotopic (exact) mass is 416 g/mol. The molecule has 31 heavy (non-hydrogen) atoms. The highest BCUT2D eigenvalue weighted by Gasteiger charge is 2.37. The Morgan fingerprint density at radius 1 is 1.19 bits per heavy atom. The van der Waals surface area contributed by atoms with Gasteiger partial charge in [0.2, 0.25) is 0 Å². The first kappa shape index (κ1) is 19.9. The second kappa shape index (κ2) is 6.99. The Kier molecular flexibility index (Phi) is 4.48. The van der Waals surface area contributed by atoms with Crippen molar-refractivity contribution in [1.29, 1.82) is 0 Å². The van der Waals surface area contributed by atoms with Crippen molar-refractivity contribution in [3.05, 3.63) is 65.1 Å². The molecular formula is C26H28N2O3. The van der Waals surface area contributed by atoms with Crippen LogP contribution in [0.2, 0.25) is 0 Å². The Morgan fingerprint density at radius 2 is 1.94 bits per heavy atom. The number of furan rings is 1. The lowest BCUT2D eigenvalue weighted by atomic mass is 9.75. The SMILES string of the molecule is CCn1c2ccccc2c2ccc(NC(=O)c3oc4c(c3C)[C@@H](O)CC(C)(C)C4)cc21. The molecule has 0 bridgehead atoms. The highest BCUT2D eigenvalue weighted by Crippen LogP contribution is 2.44. The minimum Gasteiger partial charge on any atom is -0.455 e. The molecule has 5 nitrogen and oxygen atoms in total. The number of benzene rings is 2. The molecule has 1 amide bonds. The summed E-state index contributed by atoms with van der Waals surface area (Å²) in [6.07, 6.45) is 0.788. The summed E-state index contributed by atoms with van der Waals surface area (Å²) < 4.78 is 8.24. The van der Waals surface area contributed by atoms with Gasteiger partial charge in [0.1, 0.15) is 5.76 Å². The Labute approximate surface area is 181 Å². The van der Waals surface area contributed by atoms with Crippen molar-refractivity contribution in [3.63, 3.8) is 0 Å². The van der Waals surface area contributed by atoms with Crippen LogP contribution in [-0.2, 0) is 13.0 Å². The quantitative estimate of drug-likeness (QED) is 0.432. The first-order valence-electron chi connectivity index (χ1n) is 10.9. The van der Waals surface area contributed by atoms with Crippen molar-refractivity contribution in [2.24, 2.45) is 5.41 Å². The van der Waals surface area contributed by atoms with Crippen molar-refractivity contribution in [1.82, 2.24) is 4.57 Å². The fraction of sp³-hybridized carbons (Fsp3) is 0.346. The van der Waals surface area contributed by atoms with E-state index in [-0.39, 0.29) is 17.1 Å². The molecule has 2 aromatic heterocycles. The van der Waals surface area contributed by atoms with Crippen LogP contribution in [0.5, 0.6) is 0 Å². The van der Waals surface area contributed by atoms with E-state index >= 15 is 0 Å². The van der Waals surface area contributed by atoms with Gasteiger partial charge in [-0.25, -0.2) is 0 Å². The number of aliphatic hydroxyl groups is 1. The van der Waals surface area contributed by atoms with Gasteiger partial charge in [-0.3, -0.25) is 4.79 Å². The standard InChI is InChI=1S/C26H28N2O3/c1-5-28-19-9-7-6-8-17(19)18-11-10-16(12-20(18)28)27-25(30)24-15(2)23-21(29)13-26(3,4)14-22(23)31-24/h6-12,21,29H,5,13-14H2,1-4H3,(H,27,30)/t21-/m0/s1. The maximum absolute atomic E-state index is 13.1. The number of hydrogen-bond acceptors (Lipinski definition) is 3. The number of nitrogens with zero attached hydrogens (tertiary/aromatic N) is 1. The average Bonchev–Trinajstić information content (AvgIpc) is 3.21. The molecular weight excluding hydrogens is 388 g/mol. The number of anilines is 1. The van der Waals surface area contributed by atoms with Crippen molar-refractivity contribution in [2.75, 3.05) is 5.32 Å². The summed E-state index contributed by atoms with van der Waals surface area (Å²) in [5.74, 6) is 0.737. The van der Waals surface area contributed by atoms with Crippen LogP contribution >= 0.6 is 0 Å². The summed E-state index contributed by atoms with van der Waals surface area (Å²) in [4.78, 5) is 13.1. The van der Waals surface area contributed by atoms with Crippen molar-refractivity contribution in [3.8, 4) is 0 Å². The van der Waals surface area contributed by atoms with Gasteiger partial charge in [-0.05, 0) is 43.9 Å². The van der Waals surface area contributed by atoms with Crippen LogP contribution in [0.15, 0.2) is 46.9 Å².